The van der Waals surface area contributed by atoms with Gasteiger partial charge in [-0.15, -0.1) is 0 Å². The third-order valence-corrected chi connectivity index (χ3v) is 4.76. The van der Waals surface area contributed by atoms with Crippen molar-refractivity contribution in [3.63, 3.8) is 0 Å². The Bertz CT molecular complexity index is 780. The van der Waals surface area contributed by atoms with Gasteiger partial charge in [0.25, 0.3) is 11.8 Å². The number of imide groups is 1. The zero-order chi connectivity index (χ0) is 20.3. The van der Waals surface area contributed by atoms with Crippen LogP contribution in [0.5, 0.6) is 5.75 Å². The molecule has 1 fully saturated rings. The van der Waals surface area contributed by atoms with Crippen molar-refractivity contribution in [3.8, 4) is 5.75 Å². The number of nitrogens with one attached hydrogen (secondary N) is 1. The molecule has 0 aromatic heterocycles. The topological polar surface area (TPSA) is 82.2 Å². The first-order valence-corrected chi connectivity index (χ1v) is 9.40. The fourth-order valence-corrected chi connectivity index (χ4v) is 3.38. The van der Waals surface area contributed by atoms with E-state index >= 15 is 0 Å². The predicted octanol–water partition coefficient (Wildman–Crippen LogP) is 0.595. The predicted molar refractivity (Wildman–Crippen MR) is 105 cm³/mol. The molecule has 3 rings (SSSR count). The van der Waals surface area contributed by atoms with E-state index in [0.29, 0.717) is 49.9 Å². The summed E-state index contributed by atoms with van der Waals surface area (Å²) >= 11 is 0. The van der Waals surface area contributed by atoms with Crippen LogP contribution in [-0.2, 0) is 14.4 Å². The second-order valence-corrected chi connectivity index (χ2v) is 7.19. The number of rotatable bonds is 6. The van der Waals surface area contributed by atoms with Crippen LogP contribution in [-0.4, -0.2) is 73.4 Å². The molecular weight excluding hydrogens is 360 g/mol. The molecule has 0 spiro atoms. The Kier molecular flexibility index (Phi) is 5.99. The summed E-state index contributed by atoms with van der Waals surface area (Å²) < 4.78 is 5.12. The molecule has 0 unspecified atom stereocenters. The minimum Gasteiger partial charge on any atom is -0.497 e. The second kappa shape index (κ2) is 8.43. The minimum absolute atomic E-state index is 0.000432. The van der Waals surface area contributed by atoms with Crippen molar-refractivity contribution >= 4 is 23.4 Å². The molecule has 1 N–H and O–H groups in total. The van der Waals surface area contributed by atoms with Gasteiger partial charge < -0.3 is 15.0 Å². The summed E-state index contributed by atoms with van der Waals surface area (Å²) in [5.41, 5.74) is 0.929. The van der Waals surface area contributed by atoms with Gasteiger partial charge in [0.05, 0.1) is 19.3 Å². The fourth-order valence-electron chi connectivity index (χ4n) is 3.38. The lowest BCUT2D eigenvalue weighted by Gasteiger charge is -2.35. The number of piperazine rings is 1. The third kappa shape index (κ3) is 4.33. The van der Waals surface area contributed by atoms with E-state index in [2.05, 4.69) is 10.2 Å². The smallest absolute Gasteiger partial charge is 0.281 e. The number of carbonyl (C=O) groups is 3. The number of benzene rings is 1. The van der Waals surface area contributed by atoms with Crippen LogP contribution in [0.15, 0.2) is 36.0 Å². The molecule has 0 aliphatic carbocycles. The van der Waals surface area contributed by atoms with E-state index in [0.717, 1.165) is 0 Å². The van der Waals surface area contributed by atoms with Gasteiger partial charge >= 0.3 is 0 Å². The van der Waals surface area contributed by atoms with Crippen molar-refractivity contribution in [1.82, 2.24) is 15.1 Å². The minimum atomic E-state index is -0.344. The number of nitrogens with zero attached hydrogens (tertiary/aromatic N) is 3. The van der Waals surface area contributed by atoms with Crippen molar-refractivity contribution in [2.24, 2.45) is 0 Å². The maximum Gasteiger partial charge on any atom is 0.281 e. The lowest BCUT2D eigenvalue weighted by Crippen LogP contribution is -2.50. The normalized spacial score (nSPS) is 17.9. The van der Waals surface area contributed by atoms with E-state index in [1.807, 2.05) is 18.7 Å². The molecule has 2 aliphatic rings. The molecule has 3 amide bonds. The molecule has 0 bridgehead atoms. The Morgan fingerprint density at radius 3 is 2.32 bits per heavy atom. The summed E-state index contributed by atoms with van der Waals surface area (Å²) in [5, 5.41) is 2.88. The molecule has 2 aliphatic heterocycles. The second-order valence-electron chi connectivity index (χ2n) is 7.19. The van der Waals surface area contributed by atoms with Gasteiger partial charge in [0.15, 0.2) is 0 Å². The molecule has 1 aromatic carbocycles. The zero-order valence-electron chi connectivity index (χ0n) is 16.5. The highest BCUT2D eigenvalue weighted by Crippen LogP contribution is 2.26. The number of anilines is 1. The van der Waals surface area contributed by atoms with Crippen LogP contribution in [0.3, 0.4) is 0 Å². The maximum atomic E-state index is 12.8. The van der Waals surface area contributed by atoms with Crippen LogP contribution in [0.25, 0.3) is 0 Å². The molecule has 0 atom stereocenters. The molecule has 8 heteroatoms. The Balaban J connectivity index is 1.59. The monoisotopic (exact) mass is 386 g/mol. The van der Waals surface area contributed by atoms with Crippen LogP contribution in [0.4, 0.5) is 5.69 Å². The molecule has 1 saturated heterocycles. The average molecular weight is 386 g/mol. The van der Waals surface area contributed by atoms with Gasteiger partial charge in [-0.2, -0.15) is 0 Å². The summed E-state index contributed by atoms with van der Waals surface area (Å²) in [6.45, 7) is 6.71. The van der Waals surface area contributed by atoms with E-state index in [9.17, 15) is 14.4 Å². The quantitative estimate of drug-likeness (QED) is 0.721. The van der Waals surface area contributed by atoms with Crippen LogP contribution in [0.2, 0.25) is 0 Å². The molecule has 8 nitrogen and oxygen atoms in total. The number of ether oxygens (including phenoxy) is 1. The standard InChI is InChI=1S/C20H26N4O4/c1-14(2)21-18(25)13-22-8-10-23(11-9-22)17-12-19(26)24(20(17)27)15-4-6-16(28-3)7-5-15/h4-7,12,14H,8-11,13H2,1-3H3,(H,21,25). The van der Waals surface area contributed by atoms with Crippen molar-refractivity contribution in [2.45, 2.75) is 19.9 Å². The molecule has 0 radical (unpaired) electrons. The van der Waals surface area contributed by atoms with Gasteiger partial charge in [0, 0.05) is 38.3 Å². The number of hydrogen-bond acceptors (Lipinski definition) is 6. The number of carbonyl (C=O) groups excluding carboxylic acids is 3. The molecular formula is C20H26N4O4. The average Bonchev–Trinajstić information content (AvgIpc) is 2.96. The fraction of sp³-hybridized carbons (Fsp3) is 0.450. The van der Waals surface area contributed by atoms with Gasteiger partial charge in [0.1, 0.15) is 11.4 Å². The first kappa shape index (κ1) is 19.9. The molecule has 0 saturated carbocycles. The first-order valence-electron chi connectivity index (χ1n) is 9.40. The summed E-state index contributed by atoms with van der Waals surface area (Å²) in [4.78, 5) is 42.3. The third-order valence-electron chi connectivity index (χ3n) is 4.76. The van der Waals surface area contributed by atoms with E-state index < -0.39 is 0 Å². The highest BCUT2D eigenvalue weighted by molar-refractivity contribution is 6.30. The van der Waals surface area contributed by atoms with Crippen LogP contribution in [0, 0.1) is 0 Å². The van der Waals surface area contributed by atoms with Crippen LogP contribution in [0.1, 0.15) is 13.8 Å². The van der Waals surface area contributed by atoms with Gasteiger partial charge in [0.2, 0.25) is 5.91 Å². The molecule has 28 heavy (non-hydrogen) atoms. The van der Waals surface area contributed by atoms with Crippen LogP contribution < -0.4 is 15.0 Å². The van der Waals surface area contributed by atoms with Gasteiger partial charge in [-0.3, -0.25) is 19.3 Å². The van der Waals surface area contributed by atoms with Crippen LogP contribution >= 0.6 is 0 Å². The van der Waals surface area contributed by atoms with E-state index in [-0.39, 0.29) is 23.8 Å². The highest BCUT2D eigenvalue weighted by atomic mass is 16.5. The maximum absolute atomic E-state index is 12.8. The van der Waals surface area contributed by atoms with Crippen molar-refractivity contribution < 1.29 is 19.1 Å². The Morgan fingerprint density at radius 1 is 1.11 bits per heavy atom. The molecule has 1 aromatic rings. The largest absolute Gasteiger partial charge is 0.497 e. The van der Waals surface area contributed by atoms with Gasteiger partial charge in [-0.25, -0.2) is 4.90 Å². The summed E-state index contributed by atoms with van der Waals surface area (Å²) in [6, 6.07) is 6.93. The lowest BCUT2D eigenvalue weighted by molar-refractivity contribution is -0.124. The van der Waals surface area contributed by atoms with Crippen molar-refractivity contribution in [3.05, 3.63) is 36.0 Å². The Hall–Kier alpha value is -2.87. The van der Waals surface area contributed by atoms with Crippen molar-refractivity contribution in [2.75, 3.05) is 44.7 Å². The summed E-state index contributed by atoms with van der Waals surface area (Å²) in [7, 11) is 1.56. The molecule has 150 valence electrons. The van der Waals surface area contributed by atoms with Gasteiger partial charge in [-0.1, -0.05) is 0 Å². The van der Waals surface area contributed by atoms with Gasteiger partial charge in [-0.05, 0) is 38.1 Å². The number of amides is 3. The number of methoxy groups -OCH3 is 1. The lowest BCUT2D eigenvalue weighted by atomic mass is 10.2. The number of hydrogen-bond donors (Lipinski definition) is 1. The Morgan fingerprint density at radius 2 is 1.75 bits per heavy atom. The van der Waals surface area contributed by atoms with E-state index in [1.165, 1.54) is 11.0 Å². The summed E-state index contributed by atoms with van der Waals surface area (Å²) in [5.74, 6) is -0.000745. The Labute approximate surface area is 164 Å². The van der Waals surface area contributed by atoms with Crippen molar-refractivity contribution in [1.29, 1.82) is 0 Å². The first-order chi connectivity index (χ1) is 13.4. The van der Waals surface area contributed by atoms with E-state index in [4.69, 9.17) is 4.74 Å². The zero-order valence-corrected chi connectivity index (χ0v) is 16.5. The summed E-state index contributed by atoms with van der Waals surface area (Å²) in [6.07, 6.45) is 1.40. The van der Waals surface area contributed by atoms with E-state index in [1.54, 1.807) is 31.4 Å². The molecule has 2 heterocycles. The highest BCUT2D eigenvalue weighted by Gasteiger charge is 2.36. The SMILES string of the molecule is COc1ccc(N2C(=O)C=C(N3CCN(CC(=O)NC(C)C)CC3)C2=O)cc1.